The van der Waals surface area contributed by atoms with E-state index in [1.165, 1.54) is 0 Å². The van der Waals surface area contributed by atoms with E-state index in [1.807, 2.05) is 0 Å². The van der Waals surface area contributed by atoms with Crippen LogP contribution >= 0.6 is 0 Å². The van der Waals surface area contributed by atoms with Gasteiger partial charge >= 0.3 is 24.3 Å². The Bertz CT molecular complexity index is 718. The number of nitrogens with zero attached hydrogens (tertiary/aromatic N) is 1. The van der Waals surface area contributed by atoms with E-state index in [9.17, 15) is 19.2 Å². The van der Waals surface area contributed by atoms with E-state index in [0.717, 1.165) is 21.3 Å². The molecule has 12 heteroatoms. The van der Waals surface area contributed by atoms with E-state index in [0.29, 0.717) is 0 Å². The van der Waals surface area contributed by atoms with Crippen molar-refractivity contribution in [3.63, 3.8) is 0 Å². The Morgan fingerprint density at radius 1 is 0.900 bits per heavy atom. The summed E-state index contributed by atoms with van der Waals surface area (Å²) in [5, 5.41) is 0. The van der Waals surface area contributed by atoms with Gasteiger partial charge in [-0.25, -0.2) is 14.4 Å². The Morgan fingerprint density at radius 3 is 1.87 bits per heavy atom. The molecule has 0 aromatic heterocycles. The van der Waals surface area contributed by atoms with Crippen LogP contribution in [-0.4, -0.2) is 82.6 Å². The zero-order valence-corrected chi connectivity index (χ0v) is 17.5. The molecule has 0 bridgehead atoms. The summed E-state index contributed by atoms with van der Waals surface area (Å²) < 4.78 is 34.8. The second kappa shape index (κ2) is 9.20. The third-order valence-corrected chi connectivity index (χ3v) is 4.58. The van der Waals surface area contributed by atoms with Gasteiger partial charge < -0.3 is 38.1 Å². The van der Waals surface area contributed by atoms with E-state index in [-0.39, 0.29) is 44.2 Å². The van der Waals surface area contributed by atoms with Gasteiger partial charge in [-0.1, -0.05) is 13.8 Å². The SMILES string of the molecule is COC(=O)OC1=C(N2CCOCC2)C(OC(=O)OC)(OC(=O)OC)C(=O)CC1(C)C. The third-order valence-electron chi connectivity index (χ3n) is 4.58. The minimum Gasteiger partial charge on any atom is -0.438 e. The van der Waals surface area contributed by atoms with Gasteiger partial charge in [0.1, 0.15) is 11.5 Å². The quantitative estimate of drug-likeness (QED) is 0.363. The van der Waals surface area contributed by atoms with Crippen LogP contribution in [0, 0.1) is 5.41 Å². The first kappa shape index (κ1) is 23.3. The Labute approximate surface area is 172 Å². The van der Waals surface area contributed by atoms with Gasteiger partial charge in [0.05, 0.1) is 34.5 Å². The largest absolute Gasteiger partial charge is 0.513 e. The molecule has 2 rings (SSSR count). The molecule has 1 aliphatic heterocycles. The molecule has 0 unspecified atom stereocenters. The van der Waals surface area contributed by atoms with Gasteiger partial charge in [-0.05, 0) is 0 Å². The molecule has 168 valence electrons. The monoisotopic (exact) mass is 431 g/mol. The molecule has 1 heterocycles. The molecule has 0 radical (unpaired) electrons. The van der Waals surface area contributed by atoms with Crippen LogP contribution < -0.4 is 0 Å². The smallest absolute Gasteiger partial charge is 0.438 e. The topological polar surface area (TPSA) is 136 Å². The maximum atomic E-state index is 13.3. The molecule has 0 amide bonds. The zero-order valence-electron chi connectivity index (χ0n) is 17.5. The fraction of sp³-hybridized carbons (Fsp3) is 0.667. The molecule has 0 N–H and O–H groups in total. The number of carbonyl (C=O) groups is 4. The second-order valence-corrected chi connectivity index (χ2v) is 7.05. The lowest BCUT2D eigenvalue weighted by atomic mass is 9.75. The number of rotatable bonds is 4. The minimum absolute atomic E-state index is 0.0661. The summed E-state index contributed by atoms with van der Waals surface area (Å²) in [6, 6.07) is 0. The molecule has 0 spiro atoms. The Balaban J connectivity index is 2.79. The maximum absolute atomic E-state index is 13.3. The Kier molecular flexibility index (Phi) is 7.13. The molecule has 30 heavy (non-hydrogen) atoms. The highest BCUT2D eigenvalue weighted by atomic mass is 16.8. The number of ketones is 1. The first-order valence-corrected chi connectivity index (χ1v) is 9.02. The molecule has 0 atom stereocenters. The number of morpholine rings is 1. The highest BCUT2D eigenvalue weighted by Crippen LogP contribution is 2.47. The number of hydrogen-bond donors (Lipinski definition) is 0. The lowest BCUT2D eigenvalue weighted by Crippen LogP contribution is -2.59. The summed E-state index contributed by atoms with van der Waals surface area (Å²) in [4.78, 5) is 50.9. The van der Waals surface area contributed by atoms with E-state index in [4.69, 9.17) is 18.9 Å². The molecule has 1 saturated heterocycles. The first-order valence-electron chi connectivity index (χ1n) is 9.02. The predicted molar refractivity (Wildman–Crippen MR) is 96.0 cm³/mol. The average molecular weight is 431 g/mol. The summed E-state index contributed by atoms with van der Waals surface area (Å²) >= 11 is 0. The van der Waals surface area contributed by atoms with Crippen molar-refractivity contribution in [3.8, 4) is 0 Å². The van der Waals surface area contributed by atoms with Gasteiger partial charge in [-0.15, -0.1) is 0 Å². The molecule has 2 aliphatic rings. The van der Waals surface area contributed by atoms with Crippen LogP contribution in [0.1, 0.15) is 20.3 Å². The number of ether oxygens (including phenoxy) is 7. The number of allylic oxidation sites excluding steroid dienone is 1. The number of carbonyl (C=O) groups excluding carboxylic acids is 4. The Morgan fingerprint density at radius 2 is 1.40 bits per heavy atom. The van der Waals surface area contributed by atoms with Gasteiger partial charge in [-0.3, -0.25) is 4.79 Å². The van der Waals surface area contributed by atoms with Gasteiger partial charge in [-0.2, -0.15) is 0 Å². The van der Waals surface area contributed by atoms with Crippen molar-refractivity contribution in [3.05, 3.63) is 11.5 Å². The second-order valence-electron chi connectivity index (χ2n) is 7.05. The predicted octanol–water partition coefficient (Wildman–Crippen LogP) is 1.57. The molecule has 0 aromatic carbocycles. The van der Waals surface area contributed by atoms with E-state index in [2.05, 4.69) is 14.2 Å². The van der Waals surface area contributed by atoms with Crippen molar-refractivity contribution >= 4 is 24.2 Å². The molecular formula is C18H25NO11. The van der Waals surface area contributed by atoms with Crippen LogP contribution in [0.25, 0.3) is 0 Å². The van der Waals surface area contributed by atoms with Crippen molar-refractivity contribution in [1.29, 1.82) is 0 Å². The van der Waals surface area contributed by atoms with Crippen LogP contribution in [0.5, 0.6) is 0 Å². The van der Waals surface area contributed by atoms with Crippen molar-refractivity contribution < 1.29 is 52.3 Å². The highest BCUT2D eigenvalue weighted by molar-refractivity contribution is 5.94. The molecule has 0 saturated carbocycles. The summed E-state index contributed by atoms with van der Waals surface area (Å²) in [5.74, 6) is -3.44. The average Bonchev–Trinajstić information content (AvgIpc) is 2.72. The fourth-order valence-corrected chi connectivity index (χ4v) is 3.20. The van der Waals surface area contributed by atoms with Crippen LogP contribution in [-0.2, 0) is 38.0 Å². The lowest BCUT2D eigenvalue weighted by Gasteiger charge is -2.46. The molecule has 1 aliphatic carbocycles. The van der Waals surface area contributed by atoms with E-state index >= 15 is 0 Å². The van der Waals surface area contributed by atoms with Crippen molar-refractivity contribution in [2.45, 2.75) is 26.1 Å². The first-order chi connectivity index (χ1) is 14.1. The maximum Gasteiger partial charge on any atom is 0.513 e. The molecule has 12 nitrogen and oxygen atoms in total. The van der Waals surface area contributed by atoms with Gasteiger partial charge in [0, 0.05) is 24.9 Å². The summed E-state index contributed by atoms with van der Waals surface area (Å²) in [7, 11) is 3.16. The number of methoxy groups -OCH3 is 3. The summed E-state index contributed by atoms with van der Waals surface area (Å²) in [6.07, 6.45) is -3.96. The third kappa shape index (κ3) is 4.58. The van der Waals surface area contributed by atoms with E-state index in [1.54, 1.807) is 18.7 Å². The zero-order chi connectivity index (χ0) is 22.5. The van der Waals surface area contributed by atoms with Crippen molar-refractivity contribution in [2.75, 3.05) is 47.6 Å². The van der Waals surface area contributed by atoms with Gasteiger partial charge in [0.15, 0.2) is 0 Å². The number of Topliss-reactive ketones (excluding diaryl/α,β-unsaturated/α-hetero) is 1. The van der Waals surface area contributed by atoms with Crippen molar-refractivity contribution in [2.24, 2.45) is 5.41 Å². The normalized spacial score (nSPS) is 20.2. The van der Waals surface area contributed by atoms with Crippen LogP contribution in [0.4, 0.5) is 14.4 Å². The molecule has 0 aromatic rings. The van der Waals surface area contributed by atoms with Gasteiger partial charge in [0.25, 0.3) is 0 Å². The van der Waals surface area contributed by atoms with Crippen LogP contribution in [0.3, 0.4) is 0 Å². The molecular weight excluding hydrogens is 406 g/mol. The lowest BCUT2D eigenvalue weighted by molar-refractivity contribution is -0.196. The minimum atomic E-state index is -2.60. The highest BCUT2D eigenvalue weighted by Gasteiger charge is 2.61. The summed E-state index contributed by atoms with van der Waals surface area (Å²) in [6.45, 7) is 4.26. The number of hydrogen-bond acceptors (Lipinski definition) is 12. The van der Waals surface area contributed by atoms with Crippen molar-refractivity contribution in [1.82, 2.24) is 4.90 Å². The fourth-order valence-electron chi connectivity index (χ4n) is 3.20. The van der Waals surface area contributed by atoms with Crippen LogP contribution in [0.15, 0.2) is 11.5 Å². The van der Waals surface area contributed by atoms with Crippen LogP contribution in [0.2, 0.25) is 0 Å². The van der Waals surface area contributed by atoms with E-state index < -0.39 is 35.5 Å². The molecule has 1 fully saturated rings. The Hall–Kier alpha value is -3.02. The standard InChI is InChI=1S/C18H25NO11/c1-17(2)10-11(20)18(29-15(22)25-4,30-16(23)26-5)12(13(17)28-14(21)24-3)19-6-8-27-9-7-19/h6-10H2,1-5H3. The van der Waals surface area contributed by atoms with Gasteiger partial charge in [0.2, 0.25) is 5.78 Å². The summed E-state index contributed by atoms with van der Waals surface area (Å²) in [5.41, 5.74) is -1.19.